The van der Waals surface area contributed by atoms with Crippen molar-refractivity contribution in [3.63, 3.8) is 0 Å². The molecule has 0 fully saturated rings. The van der Waals surface area contributed by atoms with Gasteiger partial charge in [-0.3, -0.25) is 15.1 Å². The molecule has 0 heterocycles. The molecule has 210 valence electrons. The lowest BCUT2D eigenvalue weighted by atomic mass is 10.1. The maximum atomic E-state index is 12.8. The van der Waals surface area contributed by atoms with Crippen LogP contribution >= 0.6 is 0 Å². The van der Waals surface area contributed by atoms with Crippen LogP contribution < -0.4 is 20.7 Å². The minimum Gasteiger partial charge on any atom is -0.495 e. The number of nitrogens with two attached hydrogens (primary N) is 1. The van der Waals surface area contributed by atoms with Gasteiger partial charge in [-0.15, -0.1) is 0 Å². The highest BCUT2D eigenvalue weighted by Gasteiger charge is 2.16. The zero-order valence-electron chi connectivity index (χ0n) is 24.4. The van der Waals surface area contributed by atoms with E-state index in [9.17, 15) is 4.79 Å². The monoisotopic (exact) mass is 524 g/mol. The third kappa shape index (κ3) is 13.3. The van der Waals surface area contributed by atoms with Crippen molar-refractivity contribution in [2.45, 2.75) is 67.2 Å². The number of benzene rings is 1. The predicted molar refractivity (Wildman–Crippen MR) is 161 cm³/mol. The number of hydrogen-bond acceptors (Lipinski definition) is 5. The van der Waals surface area contributed by atoms with Gasteiger partial charge in [-0.1, -0.05) is 46.6 Å². The summed E-state index contributed by atoms with van der Waals surface area (Å²) in [5.74, 6) is 0.299. The fourth-order valence-corrected chi connectivity index (χ4v) is 3.66. The van der Waals surface area contributed by atoms with E-state index in [1.54, 1.807) is 19.2 Å². The molecule has 0 bridgehead atoms. The van der Waals surface area contributed by atoms with E-state index in [0.717, 1.165) is 31.4 Å². The normalized spacial score (nSPS) is 12.2. The molecular weight excluding hydrogens is 476 g/mol. The van der Waals surface area contributed by atoms with Crippen molar-refractivity contribution in [1.29, 1.82) is 0 Å². The number of methoxy groups -OCH3 is 1. The van der Waals surface area contributed by atoms with E-state index in [0.29, 0.717) is 24.4 Å². The Kier molecular flexibility index (Phi) is 15.5. The smallest absolute Gasteiger partial charge is 0.258 e. The molecule has 0 aliphatic carbocycles. The standard InChI is InChI=1S/C31H48N4O3/c1-23(2)10-8-12-25(5)16-19-35(20-17-26(6)13-9-11-24(3)4)28-22-27(14-15-29(28)38-7)30(37)34-31(32)33-18-21-36/h10-11,14-17,22,36H,8-9,12-13,18-21H2,1-7H3,(H3,32,33,34,37)/b25-16+,26-17+. The van der Waals surface area contributed by atoms with E-state index >= 15 is 0 Å². The number of carbonyl (C=O) groups excluding carboxylic acids is 1. The zero-order chi connectivity index (χ0) is 28.5. The molecular formula is C31H48N4O3. The average Bonchev–Trinajstić information content (AvgIpc) is 2.86. The second kappa shape index (κ2) is 18.0. The summed E-state index contributed by atoms with van der Waals surface area (Å²) in [6, 6.07) is 5.33. The number of aliphatic hydroxyl groups is 1. The number of guanidine groups is 1. The van der Waals surface area contributed by atoms with Crippen LogP contribution in [-0.2, 0) is 0 Å². The van der Waals surface area contributed by atoms with Crippen LogP contribution in [0, 0.1) is 0 Å². The van der Waals surface area contributed by atoms with Crippen LogP contribution in [-0.4, -0.2) is 50.3 Å². The number of anilines is 1. The summed E-state index contributed by atoms with van der Waals surface area (Å²) in [6.07, 6.45) is 13.1. The summed E-state index contributed by atoms with van der Waals surface area (Å²) in [5.41, 5.74) is 12.3. The zero-order valence-corrected chi connectivity index (χ0v) is 24.4. The van der Waals surface area contributed by atoms with E-state index in [2.05, 4.69) is 81.1 Å². The van der Waals surface area contributed by atoms with Crippen LogP contribution in [0.3, 0.4) is 0 Å². The molecule has 0 aliphatic rings. The van der Waals surface area contributed by atoms with Gasteiger partial charge in [-0.05, 0) is 85.4 Å². The molecule has 1 aromatic rings. The van der Waals surface area contributed by atoms with Gasteiger partial charge in [0.15, 0.2) is 5.96 Å². The van der Waals surface area contributed by atoms with Gasteiger partial charge in [0.1, 0.15) is 5.75 Å². The molecule has 38 heavy (non-hydrogen) atoms. The molecule has 0 saturated heterocycles. The number of hydrogen-bond donors (Lipinski definition) is 3. The van der Waals surface area contributed by atoms with Gasteiger partial charge >= 0.3 is 0 Å². The summed E-state index contributed by atoms with van der Waals surface area (Å²) in [6.45, 7) is 14.2. The molecule has 0 aromatic heterocycles. The quantitative estimate of drug-likeness (QED) is 0.150. The Balaban J connectivity index is 3.27. The van der Waals surface area contributed by atoms with Crippen LogP contribution in [0.1, 0.15) is 77.6 Å². The van der Waals surface area contributed by atoms with Crippen LogP contribution in [0.4, 0.5) is 5.69 Å². The molecule has 0 unspecified atom stereocenters. The van der Waals surface area contributed by atoms with Crippen molar-refractivity contribution in [1.82, 2.24) is 5.32 Å². The van der Waals surface area contributed by atoms with Gasteiger partial charge in [0, 0.05) is 18.7 Å². The number of ether oxygens (including phenoxy) is 1. The predicted octanol–water partition coefficient (Wildman–Crippen LogP) is 5.92. The minimum atomic E-state index is -0.366. The summed E-state index contributed by atoms with van der Waals surface area (Å²) in [5, 5.41) is 11.5. The Morgan fingerprint density at radius 1 is 0.974 bits per heavy atom. The molecule has 0 aliphatic heterocycles. The summed E-state index contributed by atoms with van der Waals surface area (Å²) in [7, 11) is 1.64. The van der Waals surface area contributed by atoms with Crippen molar-refractivity contribution in [2.24, 2.45) is 10.7 Å². The average molecular weight is 525 g/mol. The topological polar surface area (TPSA) is 100 Å². The Morgan fingerprint density at radius 2 is 1.53 bits per heavy atom. The fourth-order valence-electron chi connectivity index (χ4n) is 3.66. The molecule has 1 amide bonds. The number of rotatable bonds is 15. The second-order valence-electron chi connectivity index (χ2n) is 9.98. The van der Waals surface area contributed by atoms with Gasteiger partial charge in [0.25, 0.3) is 5.91 Å². The molecule has 0 radical (unpaired) electrons. The lowest BCUT2D eigenvalue weighted by molar-refractivity contribution is 0.0976. The fraction of sp³-hybridized carbons (Fsp3) is 0.484. The SMILES string of the molecule is COc1ccc(C(=O)NC(N)=NCCO)cc1N(C/C=C(\C)CCC=C(C)C)C/C=C(\C)CCC=C(C)C. The molecule has 1 aromatic carbocycles. The van der Waals surface area contributed by atoms with Gasteiger partial charge in [-0.2, -0.15) is 0 Å². The number of nitrogens with one attached hydrogen (secondary N) is 1. The molecule has 0 saturated carbocycles. The van der Waals surface area contributed by atoms with E-state index in [1.165, 1.54) is 22.3 Å². The summed E-state index contributed by atoms with van der Waals surface area (Å²) >= 11 is 0. The maximum absolute atomic E-state index is 12.8. The van der Waals surface area contributed by atoms with Crippen LogP contribution in [0.5, 0.6) is 5.75 Å². The number of aliphatic hydroxyl groups excluding tert-OH is 1. The summed E-state index contributed by atoms with van der Waals surface area (Å²) in [4.78, 5) is 19.0. The van der Waals surface area contributed by atoms with Crippen molar-refractivity contribution >= 4 is 17.6 Å². The maximum Gasteiger partial charge on any atom is 0.258 e. The summed E-state index contributed by atoms with van der Waals surface area (Å²) < 4.78 is 5.68. The lowest BCUT2D eigenvalue weighted by Gasteiger charge is -2.25. The molecule has 0 atom stereocenters. The van der Waals surface area contributed by atoms with Crippen molar-refractivity contribution in [3.05, 3.63) is 70.4 Å². The van der Waals surface area contributed by atoms with Crippen molar-refractivity contribution in [2.75, 3.05) is 38.3 Å². The van der Waals surface area contributed by atoms with Crippen LogP contribution in [0.25, 0.3) is 0 Å². The van der Waals surface area contributed by atoms with Crippen molar-refractivity contribution < 1.29 is 14.6 Å². The van der Waals surface area contributed by atoms with E-state index in [-0.39, 0.29) is 25.0 Å². The minimum absolute atomic E-state index is 0.0249. The van der Waals surface area contributed by atoms with Crippen molar-refractivity contribution in [3.8, 4) is 5.75 Å². The van der Waals surface area contributed by atoms with Crippen LogP contribution in [0.15, 0.2) is 69.8 Å². The Bertz CT molecular complexity index is 1000. The van der Waals surface area contributed by atoms with E-state index in [1.807, 2.05) is 6.07 Å². The number of allylic oxidation sites excluding steroid dienone is 6. The first kappa shape index (κ1) is 32.7. The Labute approximate surface area is 229 Å². The molecule has 1 rings (SSSR count). The third-order valence-corrected chi connectivity index (χ3v) is 5.91. The van der Waals surface area contributed by atoms with Gasteiger partial charge in [0.2, 0.25) is 0 Å². The highest BCUT2D eigenvalue weighted by atomic mass is 16.5. The molecule has 0 spiro atoms. The number of nitrogens with zero attached hydrogens (tertiary/aromatic N) is 2. The van der Waals surface area contributed by atoms with Crippen LogP contribution in [0.2, 0.25) is 0 Å². The number of aliphatic imine (C=N–C) groups is 1. The Morgan fingerprint density at radius 3 is 2.00 bits per heavy atom. The first-order valence-corrected chi connectivity index (χ1v) is 13.3. The number of carbonyl (C=O) groups is 1. The first-order chi connectivity index (χ1) is 18.1. The first-order valence-electron chi connectivity index (χ1n) is 13.3. The molecule has 4 N–H and O–H groups in total. The van der Waals surface area contributed by atoms with Gasteiger partial charge in [-0.25, -0.2) is 0 Å². The third-order valence-electron chi connectivity index (χ3n) is 5.91. The highest BCUT2D eigenvalue weighted by molar-refractivity contribution is 6.05. The van der Waals surface area contributed by atoms with E-state index in [4.69, 9.17) is 15.6 Å². The highest BCUT2D eigenvalue weighted by Crippen LogP contribution is 2.30. The van der Waals surface area contributed by atoms with E-state index < -0.39 is 0 Å². The molecule has 7 heteroatoms. The van der Waals surface area contributed by atoms with Gasteiger partial charge < -0.3 is 20.5 Å². The largest absolute Gasteiger partial charge is 0.495 e. The Hall–Kier alpha value is -3.32. The second-order valence-corrected chi connectivity index (χ2v) is 9.98. The number of amides is 1. The van der Waals surface area contributed by atoms with Gasteiger partial charge in [0.05, 0.1) is 25.9 Å². The molecule has 7 nitrogen and oxygen atoms in total. The lowest BCUT2D eigenvalue weighted by Crippen LogP contribution is -2.37.